The zero-order chi connectivity index (χ0) is 13.8. The Morgan fingerprint density at radius 1 is 1.32 bits per heavy atom. The summed E-state index contributed by atoms with van der Waals surface area (Å²) in [6, 6.07) is 7.73. The molecule has 5 heteroatoms. The highest BCUT2D eigenvalue weighted by molar-refractivity contribution is 6.31. The summed E-state index contributed by atoms with van der Waals surface area (Å²) in [6.07, 6.45) is 0. The summed E-state index contributed by atoms with van der Waals surface area (Å²) in [5.74, 6) is 1.21. The third kappa shape index (κ3) is 3.04. The van der Waals surface area contributed by atoms with E-state index in [1.54, 1.807) is 0 Å². The molecule has 0 N–H and O–H groups in total. The molecule has 1 heterocycles. The molecule has 0 unspecified atom stereocenters. The van der Waals surface area contributed by atoms with E-state index < -0.39 is 0 Å². The number of benzene rings is 1. The average Bonchev–Trinajstić information content (AvgIpc) is 2.72. The summed E-state index contributed by atoms with van der Waals surface area (Å²) in [5, 5.41) is 5.03. The number of halogens is 2. The van der Waals surface area contributed by atoms with E-state index in [1.165, 1.54) is 0 Å². The fourth-order valence-electron chi connectivity index (χ4n) is 1.91. The van der Waals surface area contributed by atoms with Crippen LogP contribution in [-0.4, -0.2) is 9.78 Å². The number of hydrogen-bond donors (Lipinski definition) is 0. The van der Waals surface area contributed by atoms with Crippen LogP contribution in [0.2, 0.25) is 5.02 Å². The summed E-state index contributed by atoms with van der Waals surface area (Å²) in [5.41, 5.74) is 2.69. The van der Waals surface area contributed by atoms with Crippen molar-refractivity contribution in [3.63, 3.8) is 0 Å². The van der Waals surface area contributed by atoms with Crippen molar-refractivity contribution in [1.82, 2.24) is 9.78 Å². The summed E-state index contributed by atoms with van der Waals surface area (Å²) < 4.78 is 7.68. The van der Waals surface area contributed by atoms with Gasteiger partial charge >= 0.3 is 0 Å². The van der Waals surface area contributed by atoms with Gasteiger partial charge in [0.2, 0.25) is 0 Å². The van der Waals surface area contributed by atoms with Gasteiger partial charge in [-0.3, -0.25) is 4.68 Å². The minimum atomic E-state index is 0.390. The zero-order valence-corrected chi connectivity index (χ0v) is 12.5. The first-order valence-corrected chi connectivity index (χ1v) is 7.07. The quantitative estimate of drug-likeness (QED) is 0.774. The molecule has 0 aliphatic rings. The van der Waals surface area contributed by atoms with E-state index in [1.807, 2.05) is 42.8 Å². The fourth-order valence-corrected chi connectivity index (χ4v) is 2.32. The molecular formula is C14H16Cl2N2O. The molecule has 0 saturated heterocycles. The Labute approximate surface area is 123 Å². The van der Waals surface area contributed by atoms with Crippen LogP contribution in [0, 0.1) is 6.92 Å². The van der Waals surface area contributed by atoms with E-state index in [0.29, 0.717) is 17.5 Å². The number of aromatic nitrogens is 2. The minimum absolute atomic E-state index is 0.390. The first-order valence-electron chi connectivity index (χ1n) is 6.15. The lowest BCUT2D eigenvalue weighted by Gasteiger charge is -2.11. The number of hydrogen-bond acceptors (Lipinski definition) is 2. The maximum atomic E-state index is 6.24. The minimum Gasteiger partial charge on any atom is -0.487 e. The van der Waals surface area contributed by atoms with Gasteiger partial charge < -0.3 is 4.74 Å². The van der Waals surface area contributed by atoms with Gasteiger partial charge in [-0.2, -0.15) is 5.10 Å². The van der Waals surface area contributed by atoms with Crippen LogP contribution in [0.25, 0.3) is 0 Å². The van der Waals surface area contributed by atoms with Crippen molar-refractivity contribution < 1.29 is 4.74 Å². The number of ether oxygens (including phenoxy) is 1. The van der Waals surface area contributed by atoms with E-state index in [2.05, 4.69) is 5.10 Å². The van der Waals surface area contributed by atoms with Crippen LogP contribution >= 0.6 is 23.2 Å². The molecule has 2 aromatic rings. The maximum Gasteiger partial charge on any atom is 0.131 e. The Hall–Kier alpha value is -1.19. The number of aryl methyl sites for hydroxylation is 2. The van der Waals surface area contributed by atoms with Crippen LogP contribution in [0.5, 0.6) is 5.75 Å². The molecule has 0 aliphatic heterocycles. The van der Waals surface area contributed by atoms with Gasteiger partial charge in [0.05, 0.1) is 22.3 Å². The van der Waals surface area contributed by atoms with E-state index >= 15 is 0 Å². The fraction of sp³-hybridized carbons (Fsp3) is 0.357. The van der Waals surface area contributed by atoms with Gasteiger partial charge in [-0.05, 0) is 19.9 Å². The van der Waals surface area contributed by atoms with Gasteiger partial charge in [-0.1, -0.05) is 29.8 Å². The van der Waals surface area contributed by atoms with Gasteiger partial charge in [-0.15, -0.1) is 11.6 Å². The van der Waals surface area contributed by atoms with Crippen molar-refractivity contribution in [3.8, 4) is 5.75 Å². The molecule has 2 rings (SSSR count). The Morgan fingerprint density at radius 3 is 2.74 bits per heavy atom. The van der Waals surface area contributed by atoms with Crippen molar-refractivity contribution in [3.05, 3.63) is 46.2 Å². The van der Waals surface area contributed by atoms with Crippen LogP contribution in [-0.2, 0) is 19.0 Å². The predicted molar refractivity (Wildman–Crippen MR) is 78.0 cm³/mol. The van der Waals surface area contributed by atoms with Gasteiger partial charge in [0, 0.05) is 12.1 Å². The number of rotatable bonds is 5. The Bertz CT molecular complexity index is 567. The van der Waals surface area contributed by atoms with Crippen molar-refractivity contribution in [2.75, 3.05) is 0 Å². The topological polar surface area (TPSA) is 27.1 Å². The molecule has 1 aromatic heterocycles. The SMILES string of the molecule is CCn1nc(C)c(Cl)c1COc1ccccc1CCl. The molecular weight excluding hydrogens is 283 g/mol. The second-order valence-corrected chi connectivity index (χ2v) is 4.84. The summed E-state index contributed by atoms with van der Waals surface area (Å²) >= 11 is 12.1. The summed E-state index contributed by atoms with van der Waals surface area (Å²) in [4.78, 5) is 0. The molecule has 102 valence electrons. The summed E-state index contributed by atoms with van der Waals surface area (Å²) in [6.45, 7) is 5.08. The lowest BCUT2D eigenvalue weighted by Crippen LogP contribution is -2.07. The van der Waals surface area contributed by atoms with Crippen molar-refractivity contribution in [2.24, 2.45) is 0 Å². The molecule has 0 aliphatic carbocycles. The average molecular weight is 299 g/mol. The highest BCUT2D eigenvalue weighted by Crippen LogP contribution is 2.24. The standard InChI is InChI=1S/C14H16Cl2N2O/c1-3-18-12(14(16)10(2)17-18)9-19-13-7-5-4-6-11(13)8-15/h4-7H,3,8-9H2,1-2H3. The van der Waals surface area contributed by atoms with Crippen LogP contribution in [0.1, 0.15) is 23.9 Å². The highest BCUT2D eigenvalue weighted by Gasteiger charge is 2.13. The van der Waals surface area contributed by atoms with Crippen LogP contribution in [0.15, 0.2) is 24.3 Å². The molecule has 19 heavy (non-hydrogen) atoms. The van der Waals surface area contributed by atoms with Gasteiger partial charge in [-0.25, -0.2) is 0 Å². The molecule has 3 nitrogen and oxygen atoms in total. The second kappa shape index (κ2) is 6.31. The number of alkyl halides is 1. The second-order valence-electron chi connectivity index (χ2n) is 4.19. The Balaban J connectivity index is 2.19. The monoisotopic (exact) mass is 298 g/mol. The normalized spacial score (nSPS) is 10.7. The van der Waals surface area contributed by atoms with Crippen LogP contribution < -0.4 is 4.74 Å². The molecule has 0 bridgehead atoms. The molecule has 0 atom stereocenters. The van der Waals surface area contributed by atoms with E-state index in [0.717, 1.165) is 29.2 Å². The third-order valence-corrected chi connectivity index (χ3v) is 3.71. The van der Waals surface area contributed by atoms with Crippen molar-refractivity contribution in [1.29, 1.82) is 0 Å². The summed E-state index contributed by atoms with van der Waals surface area (Å²) in [7, 11) is 0. The Morgan fingerprint density at radius 2 is 2.05 bits per heavy atom. The van der Waals surface area contributed by atoms with Crippen molar-refractivity contribution >= 4 is 23.2 Å². The molecule has 0 amide bonds. The predicted octanol–water partition coefficient (Wildman–Crippen LogP) is 4.18. The molecule has 1 aromatic carbocycles. The first-order chi connectivity index (χ1) is 9.17. The van der Waals surface area contributed by atoms with E-state index in [4.69, 9.17) is 27.9 Å². The first kappa shape index (κ1) is 14.2. The van der Waals surface area contributed by atoms with Gasteiger partial charge in [0.25, 0.3) is 0 Å². The maximum absolute atomic E-state index is 6.24. The molecule has 0 saturated carbocycles. The van der Waals surface area contributed by atoms with E-state index in [-0.39, 0.29) is 0 Å². The number of nitrogens with zero attached hydrogens (tertiary/aromatic N) is 2. The van der Waals surface area contributed by atoms with E-state index in [9.17, 15) is 0 Å². The smallest absolute Gasteiger partial charge is 0.131 e. The van der Waals surface area contributed by atoms with Crippen LogP contribution in [0.3, 0.4) is 0 Å². The van der Waals surface area contributed by atoms with Gasteiger partial charge in [0.1, 0.15) is 12.4 Å². The third-order valence-electron chi connectivity index (χ3n) is 2.93. The lowest BCUT2D eigenvalue weighted by molar-refractivity contribution is 0.290. The largest absolute Gasteiger partial charge is 0.487 e. The van der Waals surface area contributed by atoms with Gasteiger partial charge in [0.15, 0.2) is 0 Å². The lowest BCUT2D eigenvalue weighted by atomic mass is 10.2. The molecule has 0 fully saturated rings. The Kier molecular flexibility index (Phi) is 4.72. The van der Waals surface area contributed by atoms with Crippen molar-refractivity contribution in [2.45, 2.75) is 32.9 Å². The van der Waals surface area contributed by atoms with Crippen LogP contribution in [0.4, 0.5) is 0 Å². The highest BCUT2D eigenvalue weighted by atomic mass is 35.5. The zero-order valence-electron chi connectivity index (χ0n) is 11.0. The molecule has 0 radical (unpaired) electrons. The number of para-hydroxylation sites is 1. The molecule has 0 spiro atoms.